The number of piperidine rings is 1. The minimum absolute atomic E-state index is 0.0122. The lowest BCUT2D eigenvalue weighted by molar-refractivity contribution is -0.130. The molecule has 2 saturated heterocycles. The number of carbonyl (C=O) groups excluding carboxylic acids is 2. The van der Waals surface area contributed by atoms with Crippen LogP contribution in [0.1, 0.15) is 38.7 Å². The number of hydrogen-bond donors (Lipinski definition) is 3. The first-order chi connectivity index (χ1) is 14.5. The minimum Gasteiger partial charge on any atom is -0.353 e. The average molecular weight is 433 g/mol. The van der Waals surface area contributed by atoms with E-state index in [1.54, 1.807) is 12.1 Å². The number of halogens is 1. The van der Waals surface area contributed by atoms with Crippen molar-refractivity contribution in [3.8, 4) is 0 Å². The molecule has 3 heterocycles. The fourth-order valence-corrected chi connectivity index (χ4v) is 5.43. The molecule has 0 aliphatic carbocycles. The Hall–Kier alpha value is -1.90. The number of amides is 2. The molecule has 3 N–H and O–H groups in total. The maximum absolute atomic E-state index is 14.4. The highest BCUT2D eigenvalue weighted by molar-refractivity contribution is 8.04. The molecule has 3 aliphatic heterocycles. The van der Waals surface area contributed by atoms with Crippen LogP contribution in [0.5, 0.6) is 0 Å². The summed E-state index contributed by atoms with van der Waals surface area (Å²) in [6.45, 7) is 5.52. The summed E-state index contributed by atoms with van der Waals surface area (Å²) in [5.41, 5.74) is 1.37. The summed E-state index contributed by atoms with van der Waals surface area (Å²) in [7, 11) is 0. The van der Waals surface area contributed by atoms with Crippen molar-refractivity contribution in [1.29, 1.82) is 0 Å². The standard InChI is InChI=1S/C22H29FN4O2S/c1-3-13(2)24-20(28)14-8-10-27(11-9-14)22-25-18-16(12-30-19(18)21(29)26-22)15-6-4-5-7-17(15)23/h4-7,12-14,18-19,22,25H,3,8-11H2,1-2H3,(H,24,28)(H,26,29). The van der Waals surface area contributed by atoms with Crippen LogP contribution in [-0.4, -0.2) is 53.4 Å². The molecule has 0 bridgehead atoms. The molecule has 4 rings (SSSR count). The van der Waals surface area contributed by atoms with Gasteiger partial charge in [0.25, 0.3) is 0 Å². The Morgan fingerprint density at radius 1 is 1.33 bits per heavy atom. The van der Waals surface area contributed by atoms with Gasteiger partial charge >= 0.3 is 0 Å². The molecule has 2 fully saturated rings. The summed E-state index contributed by atoms with van der Waals surface area (Å²) in [4.78, 5) is 27.3. The monoisotopic (exact) mass is 432 g/mol. The van der Waals surface area contributed by atoms with Gasteiger partial charge in [-0.1, -0.05) is 25.1 Å². The number of nitrogens with zero attached hydrogens (tertiary/aromatic N) is 1. The van der Waals surface area contributed by atoms with Crippen molar-refractivity contribution in [2.24, 2.45) is 5.92 Å². The first-order valence-electron chi connectivity index (χ1n) is 10.7. The maximum atomic E-state index is 14.4. The van der Waals surface area contributed by atoms with E-state index in [1.165, 1.54) is 17.8 Å². The Morgan fingerprint density at radius 3 is 2.77 bits per heavy atom. The van der Waals surface area contributed by atoms with Gasteiger partial charge in [-0.15, -0.1) is 11.8 Å². The van der Waals surface area contributed by atoms with Crippen LogP contribution in [0.4, 0.5) is 4.39 Å². The van der Waals surface area contributed by atoms with Crippen molar-refractivity contribution < 1.29 is 14.0 Å². The van der Waals surface area contributed by atoms with E-state index in [2.05, 4.69) is 27.8 Å². The first kappa shape index (κ1) is 21.3. The topological polar surface area (TPSA) is 73.5 Å². The number of rotatable bonds is 5. The van der Waals surface area contributed by atoms with Crippen LogP contribution in [0.15, 0.2) is 29.7 Å². The molecule has 1 aromatic rings. The number of thioether (sulfide) groups is 1. The van der Waals surface area contributed by atoms with Crippen molar-refractivity contribution in [3.63, 3.8) is 0 Å². The van der Waals surface area contributed by atoms with E-state index in [0.29, 0.717) is 5.56 Å². The van der Waals surface area contributed by atoms with Gasteiger partial charge in [0.1, 0.15) is 17.4 Å². The van der Waals surface area contributed by atoms with Gasteiger partial charge in [0, 0.05) is 30.6 Å². The Morgan fingerprint density at radius 2 is 2.07 bits per heavy atom. The van der Waals surface area contributed by atoms with E-state index >= 15 is 0 Å². The van der Waals surface area contributed by atoms with Gasteiger partial charge in [0.15, 0.2) is 0 Å². The Kier molecular flexibility index (Phi) is 6.46. The number of fused-ring (bicyclic) bond motifs is 1. The number of hydrogen-bond acceptors (Lipinski definition) is 5. The van der Waals surface area contributed by atoms with Gasteiger partial charge in [-0.3, -0.25) is 19.8 Å². The van der Waals surface area contributed by atoms with Crippen molar-refractivity contribution in [3.05, 3.63) is 41.1 Å². The van der Waals surface area contributed by atoms with Crippen LogP contribution in [0.3, 0.4) is 0 Å². The molecule has 2 amide bonds. The summed E-state index contributed by atoms with van der Waals surface area (Å²) in [5, 5.41) is 11.2. The lowest BCUT2D eigenvalue weighted by atomic mass is 9.94. The quantitative estimate of drug-likeness (QED) is 0.666. The molecule has 1 aromatic carbocycles. The van der Waals surface area contributed by atoms with Crippen molar-refractivity contribution in [1.82, 2.24) is 20.9 Å². The SMILES string of the molecule is CCC(C)NC(=O)C1CCN(C2NC(=O)C3SC=C(c4ccccc4F)C3N2)CC1. The summed E-state index contributed by atoms with van der Waals surface area (Å²) in [6, 6.07) is 6.64. The minimum atomic E-state index is -0.314. The highest BCUT2D eigenvalue weighted by Gasteiger charge is 2.44. The predicted molar refractivity (Wildman–Crippen MR) is 117 cm³/mol. The zero-order chi connectivity index (χ0) is 21.3. The largest absolute Gasteiger partial charge is 0.353 e. The molecule has 4 unspecified atom stereocenters. The van der Waals surface area contributed by atoms with Crippen LogP contribution >= 0.6 is 11.8 Å². The van der Waals surface area contributed by atoms with Gasteiger partial charge in [-0.2, -0.15) is 0 Å². The molecule has 162 valence electrons. The van der Waals surface area contributed by atoms with Crippen LogP contribution in [0.25, 0.3) is 5.57 Å². The maximum Gasteiger partial charge on any atom is 0.237 e. The second kappa shape index (κ2) is 9.08. The Bertz CT molecular complexity index is 840. The van der Waals surface area contributed by atoms with Gasteiger partial charge in [-0.05, 0) is 43.2 Å². The van der Waals surface area contributed by atoms with Crippen LogP contribution in [0.2, 0.25) is 0 Å². The zero-order valence-electron chi connectivity index (χ0n) is 17.4. The third kappa shape index (κ3) is 4.26. The van der Waals surface area contributed by atoms with Gasteiger partial charge in [-0.25, -0.2) is 4.39 Å². The van der Waals surface area contributed by atoms with Gasteiger partial charge < -0.3 is 10.6 Å². The van der Waals surface area contributed by atoms with Crippen molar-refractivity contribution >= 4 is 29.1 Å². The lowest BCUT2D eigenvalue weighted by Crippen LogP contribution is -2.68. The molecule has 0 aromatic heterocycles. The third-order valence-electron chi connectivity index (χ3n) is 6.31. The fourth-order valence-electron chi connectivity index (χ4n) is 4.29. The normalized spacial score (nSPS) is 28.4. The summed E-state index contributed by atoms with van der Waals surface area (Å²) in [6.07, 6.45) is 2.12. The number of likely N-dealkylation sites (tertiary alicyclic amines) is 1. The lowest BCUT2D eigenvalue weighted by Gasteiger charge is -2.43. The number of benzene rings is 1. The zero-order valence-corrected chi connectivity index (χ0v) is 18.2. The Balaban J connectivity index is 1.40. The smallest absolute Gasteiger partial charge is 0.237 e. The highest BCUT2D eigenvalue weighted by atomic mass is 32.2. The van der Waals surface area contributed by atoms with Crippen LogP contribution in [-0.2, 0) is 9.59 Å². The van der Waals surface area contributed by atoms with Crippen molar-refractivity contribution in [2.45, 2.75) is 56.7 Å². The van der Waals surface area contributed by atoms with E-state index in [1.807, 2.05) is 18.4 Å². The van der Waals surface area contributed by atoms with E-state index in [-0.39, 0.29) is 47.2 Å². The average Bonchev–Trinajstić information content (AvgIpc) is 3.18. The van der Waals surface area contributed by atoms with Crippen molar-refractivity contribution in [2.75, 3.05) is 13.1 Å². The number of carbonyl (C=O) groups is 2. The van der Waals surface area contributed by atoms with E-state index < -0.39 is 0 Å². The molecule has 0 radical (unpaired) electrons. The molecule has 3 aliphatic rings. The van der Waals surface area contributed by atoms with Gasteiger partial charge in [0.05, 0.1) is 6.04 Å². The molecule has 0 saturated carbocycles. The van der Waals surface area contributed by atoms with E-state index in [9.17, 15) is 14.0 Å². The fraction of sp³-hybridized carbons (Fsp3) is 0.545. The first-order valence-corrected chi connectivity index (χ1v) is 11.6. The molecule has 30 heavy (non-hydrogen) atoms. The number of nitrogens with one attached hydrogen (secondary N) is 3. The Labute approximate surface area is 181 Å². The van der Waals surface area contributed by atoms with E-state index in [4.69, 9.17) is 0 Å². The summed E-state index contributed by atoms with van der Waals surface area (Å²) in [5.74, 6) is -0.171. The predicted octanol–water partition coefficient (Wildman–Crippen LogP) is 2.28. The molecular formula is C22H29FN4O2S. The molecule has 0 spiro atoms. The van der Waals surface area contributed by atoms with E-state index in [0.717, 1.165) is 37.9 Å². The van der Waals surface area contributed by atoms with Crippen LogP contribution in [0, 0.1) is 11.7 Å². The molecule has 6 nitrogen and oxygen atoms in total. The molecule has 4 atom stereocenters. The second-order valence-corrected chi connectivity index (χ2v) is 9.31. The summed E-state index contributed by atoms with van der Waals surface area (Å²) >= 11 is 1.43. The third-order valence-corrected chi connectivity index (χ3v) is 7.48. The van der Waals surface area contributed by atoms with Crippen LogP contribution < -0.4 is 16.0 Å². The molecule has 8 heteroatoms. The van der Waals surface area contributed by atoms with Gasteiger partial charge in [0.2, 0.25) is 11.8 Å². The summed E-state index contributed by atoms with van der Waals surface area (Å²) < 4.78 is 14.4. The molecular weight excluding hydrogens is 403 g/mol. The highest BCUT2D eigenvalue weighted by Crippen LogP contribution is 2.39. The second-order valence-electron chi connectivity index (χ2n) is 8.29.